The number of thioether (sulfide) groups is 1. The first-order valence-electron chi connectivity index (χ1n) is 9.80. The average molecular weight is 402 g/mol. The molecule has 0 aromatic heterocycles. The minimum Gasteiger partial charge on any atom is -0.368 e. The van der Waals surface area contributed by atoms with Crippen LogP contribution in [-0.2, 0) is 0 Å². The third-order valence-corrected chi connectivity index (χ3v) is 6.37. The van der Waals surface area contributed by atoms with Crippen molar-refractivity contribution in [3.8, 4) is 0 Å². The van der Waals surface area contributed by atoms with E-state index in [1.165, 1.54) is 17.0 Å². The average Bonchev–Trinajstić information content (AvgIpc) is 2.70. The zero-order valence-corrected chi connectivity index (χ0v) is 17.6. The molecule has 1 saturated heterocycles. The summed E-state index contributed by atoms with van der Waals surface area (Å²) in [5.41, 5.74) is 2.93. The summed E-state index contributed by atoms with van der Waals surface area (Å²) in [4.78, 5) is 17.9. The molecule has 6 heteroatoms. The van der Waals surface area contributed by atoms with Crippen molar-refractivity contribution < 1.29 is 9.18 Å². The summed E-state index contributed by atoms with van der Waals surface area (Å²) in [6.45, 7) is 9.21. The molecule has 0 aliphatic carbocycles. The van der Waals surface area contributed by atoms with Crippen LogP contribution in [0.4, 0.5) is 20.6 Å². The van der Waals surface area contributed by atoms with Crippen LogP contribution in [0.25, 0.3) is 0 Å². The lowest BCUT2D eigenvalue weighted by Gasteiger charge is -2.36. The maximum absolute atomic E-state index is 13.1. The van der Waals surface area contributed by atoms with Crippen LogP contribution in [0.2, 0.25) is 0 Å². The normalized spacial score (nSPS) is 15.4. The number of aryl methyl sites for hydroxylation is 1. The fourth-order valence-electron chi connectivity index (χ4n) is 3.18. The molecular weight excluding hydrogens is 373 g/mol. The van der Waals surface area contributed by atoms with Crippen molar-refractivity contribution in [2.45, 2.75) is 37.3 Å². The summed E-state index contributed by atoms with van der Waals surface area (Å²) in [7, 11) is 0. The number of hydrogen-bond donors (Lipinski definition) is 1. The second kappa shape index (κ2) is 9.32. The number of urea groups is 1. The van der Waals surface area contributed by atoms with Crippen LogP contribution in [-0.4, -0.2) is 42.4 Å². The fraction of sp³-hybridized carbons (Fsp3) is 0.409. The van der Waals surface area contributed by atoms with Crippen LogP contribution < -0.4 is 10.2 Å². The van der Waals surface area contributed by atoms with E-state index in [1.807, 2.05) is 29.7 Å². The number of nitrogens with one attached hydrogen (secondary N) is 1. The molecule has 2 aromatic rings. The van der Waals surface area contributed by atoms with E-state index in [9.17, 15) is 9.18 Å². The molecule has 1 aliphatic rings. The summed E-state index contributed by atoms with van der Waals surface area (Å²) in [6.07, 6.45) is 1.13. The van der Waals surface area contributed by atoms with Gasteiger partial charge in [0.05, 0.1) is 0 Å². The molecule has 2 aromatic carbocycles. The van der Waals surface area contributed by atoms with Crippen molar-refractivity contribution in [1.82, 2.24) is 4.90 Å². The molecule has 150 valence electrons. The second-order valence-corrected chi connectivity index (χ2v) is 8.71. The summed E-state index contributed by atoms with van der Waals surface area (Å²) in [6, 6.07) is 12.7. The van der Waals surface area contributed by atoms with Crippen LogP contribution in [0.3, 0.4) is 0 Å². The van der Waals surface area contributed by atoms with Gasteiger partial charge in [-0.05, 0) is 61.4 Å². The second-order valence-electron chi connectivity index (χ2n) is 7.19. The molecule has 28 heavy (non-hydrogen) atoms. The minimum atomic E-state index is -0.231. The van der Waals surface area contributed by atoms with Gasteiger partial charge in [0.25, 0.3) is 0 Å². The number of benzene rings is 2. The van der Waals surface area contributed by atoms with Gasteiger partial charge >= 0.3 is 6.03 Å². The molecule has 1 atom stereocenters. The molecule has 1 N–H and O–H groups in total. The van der Waals surface area contributed by atoms with Gasteiger partial charge in [-0.3, -0.25) is 0 Å². The van der Waals surface area contributed by atoms with Crippen molar-refractivity contribution in [2.24, 2.45) is 0 Å². The Morgan fingerprint density at radius 1 is 1.14 bits per heavy atom. The van der Waals surface area contributed by atoms with Crippen LogP contribution in [0.1, 0.15) is 25.8 Å². The van der Waals surface area contributed by atoms with Crippen molar-refractivity contribution in [1.29, 1.82) is 0 Å². The summed E-state index contributed by atoms with van der Waals surface area (Å²) in [5.74, 6) is -0.231. The molecule has 2 amide bonds. The summed E-state index contributed by atoms with van der Waals surface area (Å²) in [5, 5.41) is 3.63. The van der Waals surface area contributed by atoms with E-state index in [2.05, 4.69) is 36.2 Å². The lowest BCUT2D eigenvalue weighted by atomic mass is 10.2. The molecule has 3 rings (SSSR count). The van der Waals surface area contributed by atoms with Gasteiger partial charge in [0.2, 0.25) is 0 Å². The van der Waals surface area contributed by atoms with Crippen molar-refractivity contribution in [2.75, 3.05) is 36.4 Å². The van der Waals surface area contributed by atoms with E-state index in [-0.39, 0.29) is 11.8 Å². The van der Waals surface area contributed by atoms with Gasteiger partial charge in [-0.2, -0.15) is 0 Å². The van der Waals surface area contributed by atoms with E-state index >= 15 is 0 Å². The monoisotopic (exact) mass is 401 g/mol. The molecular formula is C22H28FN3OS. The molecule has 0 radical (unpaired) electrons. The zero-order valence-electron chi connectivity index (χ0n) is 16.7. The number of halogens is 1. The van der Waals surface area contributed by atoms with Gasteiger partial charge in [-0.15, -0.1) is 11.8 Å². The summed E-state index contributed by atoms with van der Waals surface area (Å²) >= 11 is 1.86. The molecule has 4 nitrogen and oxygen atoms in total. The number of amides is 2. The Labute approximate surface area is 171 Å². The first-order valence-corrected chi connectivity index (χ1v) is 10.7. The van der Waals surface area contributed by atoms with E-state index in [1.54, 1.807) is 12.1 Å². The number of carbonyl (C=O) groups excluding carboxylic acids is 1. The standard InChI is InChI=1S/C22H28FN3OS/c1-4-17(3)28-20-9-10-21(16(2)15-20)24-22(27)26-13-11-25(12-14-26)19-7-5-18(23)6-8-19/h5-10,15,17H,4,11-14H2,1-3H3,(H,24,27). The predicted molar refractivity (Wildman–Crippen MR) is 116 cm³/mol. The van der Waals surface area contributed by atoms with Crippen LogP contribution in [0, 0.1) is 12.7 Å². The van der Waals surface area contributed by atoms with Crippen LogP contribution in [0.5, 0.6) is 0 Å². The molecule has 1 unspecified atom stereocenters. The molecule has 1 aliphatic heterocycles. The van der Waals surface area contributed by atoms with Crippen molar-refractivity contribution in [3.63, 3.8) is 0 Å². The Morgan fingerprint density at radius 2 is 1.82 bits per heavy atom. The number of nitrogens with zero attached hydrogens (tertiary/aromatic N) is 2. The largest absolute Gasteiger partial charge is 0.368 e. The van der Waals surface area contributed by atoms with E-state index in [0.29, 0.717) is 18.3 Å². The zero-order chi connectivity index (χ0) is 20.1. The minimum absolute atomic E-state index is 0.0656. The van der Waals surface area contributed by atoms with Crippen molar-refractivity contribution in [3.05, 3.63) is 53.8 Å². The smallest absolute Gasteiger partial charge is 0.321 e. The van der Waals surface area contributed by atoms with E-state index in [4.69, 9.17) is 0 Å². The third kappa shape index (κ3) is 5.19. The van der Waals surface area contributed by atoms with Gasteiger partial charge < -0.3 is 15.1 Å². The maximum atomic E-state index is 13.1. The lowest BCUT2D eigenvalue weighted by Crippen LogP contribution is -2.50. The first kappa shape index (κ1) is 20.5. The van der Waals surface area contributed by atoms with Gasteiger partial charge in [0, 0.05) is 47.7 Å². The molecule has 0 saturated carbocycles. The fourth-order valence-corrected chi connectivity index (χ4v) is 4.20. The predicted octanol–water partition coefficient (Wildman–Crippen LogP) is 5.38. The Kier molecular flexibility index (Phi) is 6.83. The Morgan fingerprint density at radius 3 is 2.43 bits per heavy atom. The van der Waals surface area contributed by atoms with Gasteiger partial charge in [0.1, 0.15) is 5.82 Å². The number of piperazine rings is 1. The highest BCUT2D eigenvalue weighted by Gasteiger charge is 2.21. The van der Waals surface area contributed by atoms with Gasteiger partial charge in [-0.25, -0.2) is 9.18 Å². The number of rotatable bonds is 5. The SMILES string of the molecule is CCC(C)Sc1ccc(NC(=O)N2CCN(c3ccc(F)cc3)CC2)c(C)c1. The molecule has 1 heterocycles. The Bertz CT molecular complexity index is 804. The molecule has 0 spiro atoms. The number of hydrogen-bond acceptors (Lipinski definition) is 3. The topological polar surface area (TPSA) is 35.6 Å². The van der Waals surface area contributed by atoms with Crippen LogP contribution >= 0.6 is 11.8 Å². The number of anilines is 2. The summed E-state index contributed by atoms with van der Waals surface area (Å²) < 4.78 is 13.1. The highest BCUT2D eigenvalue weighted by atomic mass is 32.2. The van der Waals surface area contributed by atoms with Crippen LogP contribution in [0.15, 0.2) is 47.4 Å². The third-order valence-electron chi connectivity index (χ3n) is 5.11. The lowest BCUT2D eigenvalue weighted by molar-refractivity contribution is 0.208. The Hall–Kier alpha value is -2.21. The molecule has 0 bridgehead atoms. The first-order chi connectivity index (χ1) is 13.5. The van der Waals surface area contributed by atoms with Gasteiger partial charge in [-0.1, -0.05) is 13.8 Å². The van der Waals surface area contributed by atoms with Gasteiger partial charge in [0.15, 0.2) is 0 Å². The van der Waals surface area contributed by atoms with E-state index in [0.717, 1.165) is 36.4 Å². The number of carbonyl (C=O) groups is 1. The van der Waals surface area contributed by atoms with E-state index < -0.39 is 0 Å². The quantitative estimate of drug-likeness (QED) is 0.684. The Balaban J connectivity index is 1.55. The highest BCUT2D eigenvalue weighted by molar-refractivity contribution is 7.99. The van der Waals surface area contributed by atoms with Crippen molar-refractivity contribution >= 4 is 29.2 Å². The molecule has 1 fully saturated rings. The highest BCUT2D eigenvalue weighted by Crippen LogP contribution is 2.28. The maximum Gasteiger partial charge on any atom is 0.321 e.